The Balaban J connectivity index is 2.56. The largest absolute Gasteiger partial charge is 0.389 e. The minimum Gasteiger partial charge on any atom is -0.389 e. The average Bonchev–Trinajstić information content (AvgIpc) is 2.36. The van der Waals surface area contributed by atoms with Gasteiger partial charge in [-0.15, -0.1) is 0 Å². The third-order valence-corrected chi connectivity index (χ3v) is 4.74. The van der Waals surface area contributed by atoms with Crippen LogP contribution in [0.2, 0.25) is 0 Å². The number of likely N-dealkylation sites (tertiary alicyclic amines) is 1. The fourth-order valence-corrected chi connectivity index (χ4v) is 3.24. The zero-order chi connectivity index (χ0) is 14.4. The zero-order valence-electron chi connectivity index (χ0n) is 13.5. The first-order valence-electron chi connectivity index (χ1n) is 8.12. The van der Waals surface area contributed by atoms with E-state index >= 15 is 0 Å². The number of aliphatic hydroxyl groups is 1. The number of β-amino-alcohol motifs (C(OH)–C–C–N with tert-alkyl or cyclic N) is 1. The molecule has 19 heavy (non-hydrogen) atoms. The molecule has 0 bridgehead atoms. The van der Waals surface area contributed by atoms with E-state index in [2.05, 4.69) is 31.0 Å². The van der Waals surface area contributed by atoms with Crippen LogP contribution in [0.25, 0.3) is 0 Å². The van der Waals surface area contributed by atoms with Crippen molar-refractivity contribution in [3.8, 4) is 0 Å². The summed E-state index contributed by atoms with van der Waals surface area (Å²) in [6.07, 6.45) is 5.68. The van der Waals surface area contributed by atoms with Crippen molar-refractivity contribution >= 4 is 0 Å². The molecule has 0 amide bonds. The van der Waals surface area contributed by atoms with Gasteiger partial charge in [-0.1, -0.05) is 20.8 Å². The second kappa shape index (κ2) is 7.61. The van der Waals surface area contributed by atoms with Crippen LogP contribution in [0.1, 0.15) is 59.8 Å². The number of nitrogens with zero attached hydrogens (tertiary/aromatic N) is 1. The highest BCUT2D eigenvalue weighted by molar-refractivity contribution is 4.88. The van der Waals surface area contributed by atoms with Crippen molar-refractivity contribution in [2.75, 3.05) is 32.7 Å². The second-order valence-electron chi connectivity index (χ2n) is 6.70. The number of piperidine rings is 1. The summed E-state index contributed by atoms with van der Waals surface area (Å²) in [5, 5.41) is 13.8. The van der Waals surface area contributed by atoms with Crippen molar-refractivity contribution in [1.82, 2.24) is 10.2 Å². The molecule has 1 fully saturated rings. The van der Waals surface area contributed by atoms with Gasteiger partial charge >= 0.3 is 0 Å². The highest BCUT2D eigenvalue weighted by atomic mass is 16.3. The zero-order valence-corrected chi connectivity index (χ0v) is 13.5. The molecule has 2 N–H and O–H groups in total. The quantitative estimate of drug-likeness (QED) is 0.666. The third-order valence-electron chi connectivity index (χ3n) is 4.74. The van der Waals surface area contributed by atoms with Crippen LogP contribution >= 0.6 is 0 Å². The van der Waals surface area contributed by atoms with Gasteiger partial charge in [0, 0.05) is 19.6 Å². The molecule has 0 radical (unpaired) electrons. The molecular weight excluding hydrogens is 236 g/mol. The molecule has 3 nitrogen and oxygen atoms in total. The summed E-state index contributed by atoms with van der Waals surface area (Å²) in [6, 6.07) is 0. The Morgan fingerprint density at radius 2 is 1.95 bits per heavy atom. The van der Waals surface area contributed by atoms with Crippen LogP contribution in [-0.4, -0.2) is 48.3 Å². The smallest absolute Gasteiger partial charge is 0.0746 e. The van der Waals surface area contributed by atoms with E-state index in [4.69, 9.17) is 0 Å². The van der Waals surface area contributed by atoms with Crippen LogP contribution in [0.15, 0.2) is 0 Å². The minimum absolute atomic E-state index is 0.364. The van der Waals surface area contributed by atoms with Crippen molar-refractivity contribution in [1.29, 1.82) is 0 Å². The highest BCUT2D eigenvalue weighted by Gasteiger charge is 2.34. The molecule has 0 aliphatic carbocycles. The molecule has 1 rings (SSSR count). The topological polar surface area (TPSA) is 35.5 Å². The molecule has 0 saturated carbocycles. The third kappa shape index (κ3) is 5.41. The summed E-state index contributed by atoms with van der Waals surface area (Å²) in [6.45, 7) is 14.1. The summed E-state index contributed by atoms with van der Waals surface area (Å²) in [4.78, 5) is 2.48. The molecule has 1 heterocycles. The molecule has 1 saturated heterocycles. The number of rotatable bonds is 8. The van der Waals surface area contributed by atoms with Crippen molar-refractivity contribution < 1.29 is 5.11 Å². The molecule has 1 aliphatic rings. The van der Waals surface area contributed by atoms with Gasteiger partial charge in [-0.05, 0) is 57.5 Å². The molecule has 1 aliphatic heterocycles. The molecule has 0 spiro atoms. The fraction of sp³-hybridized carbons (Fsp3) is 1.00. The summed E-state index contributed by atoms with van der Waals surface area (Å²) in [7, 11) is 0. The summed E-state index contributed by atoms with van der Waals surface area (Å²) >= 11 is 0. The summed E-state index contributed by atoms with van der Waals surface area (Å²) in [5.41, 5.74) is -0.120. The van der Waals surface area contributed by atoms with Gasteiger partial charge < -0.3 is 10.4 Å². The Kier molecular flexibility index (Phi) is 6.78. The Hall–Kier alpha value is -0.120. The predicted octanol–water partition coefficient (Wildman–Crippen LogP) is 2.64. The van der Waals surface area contributed by atoms with Gasteiger partial charge in [0.2, 0.25) is 0 Å². The number of hydrogen-bond acceptors (Lipinski definition) is 3. The fourth-order valence-electron chi connectivity index (χ4n) is 3.24. The Morgan fingerprint density at radius 3 is 2.47 bits per heavy atom. The lowest BCUT2D eigenvalue weighted by Gasteiger charge is -2.43. The van der Waals surface area contributed by atoms with Crippen molar-refractivity contribution in [3.05, 3.63) is 0 Å². The van der Waals surface area contributed by atoms with Gasteiger partial charge in [-0.3, -0.25) is 4.90 Å². The van der Waals surface area contributed by atoms with E-state index in [-0.39, 0.29) is 0 Å². The van der Waals surface area contributed by atoms with Crippen LogP contribution in [0, 0.1) is 5.41 Å². The van der Waals surface area contributed by atoms with E-state index in [1.165, 1.54) is 19.3 Å². The van der Waals surface area contributed by atoms with Crippen LogP contribution in [0.4, 0.5) is 0 Å². The van der Waals surface area contributed by atoms with Gasteiger partial charge in [0.1, 0.15) is 0 Å². The van der Waals surface area contributed by atoms with Gasteiger partial charge in [0.05, 0.1) is 5.60 Å². The van der Waals surface area contributed by atoms with Gasteiger partial charge in [-0.2, -0.15) is 0 Å². The number of hydrogen-bond donors (Lipinski definition) is 2. The number of nitrogens with one attached hydrogen (secondary N) is 1. The van der Waals surface area contributed by atoms with Crippen molar-refractivity contribution in [2.24, 2.45) is 5.41 Å². The highest BCUT2D eigenvalue weighted by Crippen LogP contribution is 2.30. The Morgan fingerprint density at radius 1 is 1.26 bits per heavy atom. The first kappa shape index (κ1) is 16.9. The molecule has 1 atom stereocenters. The Bertz CT molecular complexity index is 249. The molecular formula is C16H34N2O. The minimum atomic E-state index is -0.484. The summed E-state index contributed by atoms with van der Waals surface area (Å²) in [5.74, 6) is 0. The lowest BCUT2D eigenvalue weighted by atomic mass is 9.80. The monoisotopic (exact) mass is 270 g/mol. The predicted molar refractivity (Wildman–Crippen MR) is 82.5 cm³/mol. The lowest BCUT2D eigenvalue weighted by molar-refractivity contribution is -0.0296. The van der Waals surface area contributed by atoms with E-state index in [1.54, 1.807) is 0 Å². The van der Waals surface area contributed by atoms with Crippen LogP contribution in [0.3, 0.4) is 0 Å². The maximum Gasteiger partial charge on any atom is 0.0746 e. The summed E-state index contributed by atoms with van der Waals surface area (Å²) < 4.78 is 0. The maximum atomic E-state index is 10.2. The SMILES string of the molecule is CCCNCC(CC)(CC)CN1CCCC(C)(O)C1. The first-order chi connectivity index (χ1) is 8.97. The van der Waals surface area contributed by atoms with Crippen molar-refractivity contribution in [2.45, 2.75) is 65.4 Å². The Labute approximate surface area is 119 Å². The normalized spacial score (nSPS) is 25.7. The molecule has 3 heteroatoms. The van der Waals surface area contributed by atoms with E-state index < -0.39 is 5.60 Å². The first-order valence-corrected chi connectivity index (χ1v) is 8.12. The standard InChI is InChI=1S/C16H34N2O/c1-5-10-17-12-16(6-2,7-3)14-18-11-8-9-15(4,19)13-18/h17,19H,5-14H2,1-4H3. The van der Waals surface area contributed by atoms with Gasteiger partial charge in [0.15, 0.2) is 0 Å². The van der Waals surface area contributed by atoms with Crippen LogP contribution in [-0.2, 0) is 0 Å². The molecule has 0 aromatic heterocycles. The van der Waals surface area contributed by atoms with Gasteiger partial charge in [-0.25, -0.2) is 0 Å². The van der Waals surface area contributed by atoms with E-state index in [1.807, 2.05) is 6.92 Å². The molecule has 114 valence electrons. The lowest BCUT2D eigenvalue weighted by Crippen LogP contribution is -2.51. The van der Waals surface area contributed by atoms with Crippen LogP contribution in [0.5, 0.6) is 0 Å². The van der Waals surface area contributed by atoms with Crippen molar-refractivity contribution in [3.63, 3.8) is 0 Å². The molecule has 0 aromatic rings. The average molecular weight is 270 g/mol. The van der Waals surface area contributed by atoms with E-state index in [0.717, 1.165) is 45.6 Å². The van der Waals surface area contributed by atoms with Crippen LogP contribution < -0.4 is 5.32 Å². The maximum absolute atomic E-state index is 10.2. The molecule has 1 unspecified atom stereocenters. The van der Waals surface area contributed by atoms with E-state index in [0.29, 0.717) is 5.41 Å². The molecule has 0 aromatic carbocycles. The second-order valence-corrected chi connectivity index (χ2v) is 6.70. The van der Waals surface area contributed by atoms with Gasteiger partial charge in [0.25, 0.3) is 0 Å². The van der Waals surface area contributed by atoms with E-state index in [9.17, 15) is 5.11 Å².